The summed E-state index contributed by atoms with van der Waals surface area (Å²) in [4.78, 5) is 23.0. The van der Waals surface area contributed by atoms with E-state index in [1.165, 1.54) is 12.1 Å². The lowest BCUT2D eigenvalue weighted by atomic mass is 10.2. The van der Waals surface area contributed by atoms with Gasteiger partial charge in [-0.2, -0.15) is 0 Å². The van der Waals surface area contributed by atoms with E-state index in [2.05, 4.69) is 10.6 Å². The van der Waals surface area contributed by atoms with Crippen molar-refractivity contribution in [2.75, 3.05) is 11.9 Å². The summed E-state index contributed by atoms with van der Waals surface area (Å²) < 4.78 is 13.5. The fourth-order valence-electron chi connectivity index (χ4n) is 1.54. The van der Waals surface area contributed by atoms with Crippen LogP contribution in [0.1, 0.15) is 25.3 Å². The van der Waals surface area contributed by atoms with Crippen LogP contribution in [-0.2, 0) is 9.59 Å². The zero-order valence-corrected chi connectivity index (χ0v) is 11.6. The largest absolute Gasteiger partial charge is 0.393 e. The molecule has 0 heterocycles. The molecule has 0 saturated heterocycles. The quantitative estimate of drug-likeness (QED) is 0.713. The number of benzene rings is 1. The Bertz CT molecular complexity index is 491. The number of anilines is 1. The Labute approximate surface area is 117 Å². The van der Waals surface area contributed by atoms with Crippen molar-refractivity contribution in [3.63, 3.8) is 0 Å². The molecule has 0 bridgehead atoms. The molecule has 0 aliphatic rings. The van der Waals surface area contributed by atoms with E-state index in [0.717, 1.165) is 5.56 Å². The molecule has 5 nitrogen and oxygen atoms in total. The second-order valence-corrected chi connectivity index (χ2v) is 4.54. The van der Waals surface area contributed by atoms with Gasteiger partial charge in [0.1, 0.15) is 5.82 Å². The van der Waals surface area contributed by atoms with Crippen molar-refractivity contribution in [1.29, 1.82) is 0 Å². The van der Waals surface area contributed by atoms with Crippen LogP contribution >= 0.6 is 0 Å². The van der Waals surface area contributed by atoms with Crippen LogP contribution in [0.5, 0.6) is 0 Å². The first-order valence-corrected chi connectivity index (χ1v) is 6.47. The fraction of sp³-hybridized carbons (Fsp3) is 0.429. The molecule has 1 aromatic carbocycles. The predicted molar refractivity (Wildman–Crippen MR) is 73.7 cm³/mol. The fourth-order valence-corrected chi connectivity index (χ4v) is 1.54. The molecule has 20 heavy (non-hydrogen) atoms. The highest BCUT2D eigenvalue weighted by Gasteiger charge is 2.15. The van der Waals surface area contributed by atoms with E-state index in [1.807, 2.05) is 6.92 Å². The molecule has 0 aliphatic carbocycles. The van der Waals surface area contributed by atoms with Crippen molar-refractivity contribution in [1.82, 2.24) is 5.32 Å². The number of hydrogen-bond acceptors (Lipinski definition) is 3. The van der Waals surface area contributed by atoms with Crippen LogP contribution in [0.15, 0.2) is 18.2 Å². The lowest BCUT2D eigenvalue weighted by molar-refractivity contribution is -0.136. The smallest absolute Gasteiger partial charge is 0.313 e. The summed E-state index contributed by atoms with van der Waals surface area (Å²) in [5.74, 6) is -2.38. The number of hydrogen-bond donors (Lipinski definition) is 3. The molecule has 0 spiro atoms. The summed E-state index contributed by atoms with van der Waals surface area (Å²) in [6.07, 6.45) is 0.443. The molecule has 0 aromatic heterocycles. The van der Waals surface area contributed by atoms with E-state index in [0.29, 0.717) is 12.8 Å². The second kappa shape index (κ2) is 7.59. The van der Waals surface area contributed by atoms with E-state index in [1.54, 1.807) is 13.0 Å². The van der Waals surface area contributed by atoms with Crippen LogP contribution in [0, 0.1) is 12.7 Å². The number of carbonyl (C=O) groups excluding carboxylic acids is 2. The number of carbonyl (C=O) groups is 2. The average Bonchev–Trinajstić information content (AvgIpc) is 2.41. The molecule has 0 saturated carbocycles. The highest BCUT2D eigenvalue weighted by atomic mass is 19.1. The number of halogens is 1. The molecule has 3 N–H and O–H groups in total. The van der Waals surface area contributed by atoms with Crippen molar-refractivity contribution in [2.24, 2.45) is 0 Å². The summed E-state index contributed by atoms with van der Waals surface area (Å²) in [7, 11) is 0. The van der Waals surface area contributed by atoms with Crippen LogP contribution < -0.4 is 10.6 Å². The molecular formula is C14H19FN2O3. The van der Waals surface area contributed by atoms with Gasteiger partial charge in [0.15, 0.2) is 0 Å². The maximum atomic E-state index is 13.5. The van der Waals surface area contributed by atoms with E-state index < -0.39 is 23.7 Å². The van der Waals surface area contributed by atoms with Gasteiger partial charge in [-0.15, -0.1) is 0 Å². The Morgan fingerprint density at radius 1 is 1.35 bits per heavy atom. The summed E-state index contributed by atoms with van der Waals surface area (Å²) in [6.45, 7) is 3.73. The zero-order chi connectivity index (χ0) is 15.1. The van der Waals surface area contributed by atoms with Gasteiger partial charge in [-0.1, -0.05) is 13.0 Å². The molecule has 110 valence electrons. The van der Waals surface area contributed by atoms with Crippen molar-refractivity contribution in [3.8, 4) is 0 Å². The number of amides is 2. The number of aliphatic hydroxyl groups excluding tert-OH is 1. The Hall–Kier alpha value is -1.95. The monoisotopic (exact) mass is 282 g/mol. The summed E-state index contributed by atoms with van der Waals surface area (Å²) >= 11 is 0. The third kappa shape index (κ3) is 4.97. The number of nitrogens with one attached hydrogen (secondary N) is 2. The minimum absolute atomic E-state index is 0.0376. The summed E-state index contributed by atoms with van der Waals surface area (Å²) in [5, 5.41) is 13.9. The highest BCUT2D eigenvalue weighted by molar-refractivity contribution is 6.39. The number of aryl methyl sites for hydroxylation is 1. The van der Waals surface area contributed by atoms with Gasteiger partial charge in [-0.25, -0.2) is 4.39 Å². The Balaban J connectivity index is 2.47. The third-order valence-corrected chi connectivity index (χ3v) is 2.81. The first kappa shape index (κ1) is 16.1. The van der Waals surface area contributed by atoms with Crippen LogP contribution in [-0.4, -0.2) is 29.6 Å². The van der Waals surface area contributed by atoms with Crippen LogP contribution in [0.2, 0.25) is 0 Å². The minimum atomic E-state index is -0.932. The molecule has 0 fully saturated rings. The van der Waals surface area contributed by atoms with Gasteiger partial charge in [0.25, 0.3) is 0 Å². The van der Waals surface area contributed by atoms with Gasteiger partial charge in [-0.3, -0.25) is 9.59 Å². The molecule has 6 heteroatoms. The molecule has 0 aliphatic heterocycles. The standard InChI is InChI=1S/C14H19FN2O3/c1-3-10(18)6-7-16-13(19)14(20)17-12-5-4-9(2)8-11(12)15/h4-5,8,10,18H,3,6-7H2,1-2H3,(H,16,19)(H,17,20). The van der Waals surface area contributed by atoms with Gasteiger partial charge in [-0.05, 0) is 37.5 Å². The Morgan fingerprint density at radius 2 is 2.05 bits per heavy atom. The van der Waals surface area contributed by atoms with Crippen LogP contribution in [0.25, 0.3) is 0 Å². The van der Waals surface area contributed by atoms with Gasteiger partial charge < -0.3 is 15.7 Å². The Kier molecular flexibility index (Phi) is 6.11. The summed E-state index contributed by atoms with van der Waals surface area (Å²) in [5.41, 5.74) is 0.683. The highest BCUT2D eigenvalue weighted by Crippen LogP contribution is 2.14. The molecule has 2 amide bonds. The second-order valence-electron chi connectivity index (χ2n) is 4.54. The lowest BCUT2D eigenvalue weighted by Gasteiger charge is -2.09. The lowest BCUT2D eigenvalue weighted by Crippen LogP contribution is -2.37. The predicted octanol–water partition coefficient (Wildman–Crippen LogP) is 1.35. The van der Waals surface area contributed by atoms with Gasteiger partial charge in [0.05, 0.1) is 11.8 Å². The van der Waals surface area contributed by atoms with Gasteiger partial charge in [0, 0.05) is 6.54 Å². The van der Waals surface area contributed by atoms with Crippen LogP contribution in [0.3, 0.4) is 0 Å². The van der Waals surface area contributed by atoms with Crippen molar-refractivity contribution >= 4 is 17.5 Å². The third-order valence-electron chi connectivity index (χ3n) is 2.81. The molecule has 1 aromatic rings. The van der Waals surface area contributed by atoms with Crippen molar-refractivity contribution < 1.29 is 19.1 Å². The Morgan fingerprint density at radius 3 is 2.65 bits per heavy atom. The maximum absolute atomic E-state index is 13.5. The van der Waals surface area contributed by atoms with E-state index in [9.17, 15) is 19.1 Å². The van der Waals surface area contributed by atoms with Crippen molar-refractivity contribution in [2.45, 2.75) is 32.8 Å². The van der Waals surface area contributed by atoms with E-state index >= 15 is 0 Å². The maximum Gasteiger partial charge on any atom is 0.313 e. The van der Waals surface area contributed by atoms with Gasteiger partial charge >= 0.3 is 11.8 Å². The molecule has 1 unspecified atom stereocenters. The van der Waals surface area contributed by atoms with Crippen LogP contribution in [0.4, 0.5) is 10.1 Å². The average molecular weight is 282 g/mol. The van der Waals surface area contributed by atoms with Crippen molar-refractivity contribution in [3.05, 3.63) is 29.6 Å². The number of rotatable bonds is 5. The van der Waals surface area contributed by atoms with E-state index in [4.69, 9.17) is 0 Å². The normalized spacial score (nSPS) is 11.8. The minimum Gasteiger partial charge on any atom is -0.393 e. The SMILES string of the molecule is CCC(O)CCNC(=O)C(=O)Nc1ccc(C)cc1F. The topological polar surface area (TPSA) is 78.4 Å². The molecule has 0 radical (unpaired) electrons. The first-order chi connectivity index (χ1) is 9.43. The number of aliphatic hydroxyl groups is 1. The molecule has 1 rings (SSSR count). The van der Waals surface area contributed by atoms with Gasteiger partial charge in [0.2, 0.25) is 0 Å². The molecule has 1 atom stereocenters. The zero-order valence-electron chi connectivity index (χ0n) is 11.6. The first-order valence-electron chi connectivity index (χ1n) is 6.47. The summed E-state index contributed by atoms with van der Waals surface area (Å²) in [6, 6.07) is 4.30. The molecular weight excluding hydrogens is 263 g/mol. The van der Waals surface area contributed by atoms with E-state index in [-0.39, 0.29) is 12.2 Å².